The molecular formula is C15H19NO5S. The van der Waals surface area contributed by atoms with Crippen molar-refractivity contribution in [2.24, 2.45) is 0 Å². The van der Waals surface area contributed by atoms with Gasteiger partial charge in [0.2, 0.25) is 5.91 Å². The lowest BCUT2D eigenvalue weighted by Crippen LogP contribution is -2.53. The summed E-state index contributed by atoms with van der Waals surface area (Å²) in [6.07, 6.45) is -0.143. The molecule has 6 nitrogen and oxygen atoms in total. The van der Waals surface area contributed by atoms with E-state index in [1.807, 2.05) is 30.3 Å². The Balaban J connectivity index is 1.55. The molecule has 1 aromatic rings. The van der Waals surface area contributed by atoms with E-state index in [0.29, 0.717) is 13.2 Å². The predicted molar refractivity (Wildman–Crippen MR) is 80.4 cm³/mol. The van der Waals surface area contributed by atoms with Gasteiger partial charge >= 0.3 is 0 Å². The van der Waals surface area contributed by atoms with E-state index in [9.17, 15) is 13.2 Å². The average Bonchev–Trinajstić information content (AvgIpc) is 2.81. The fraction of sp³-hybridized carbons (Fsp3) is 0.533. The summed E-state index contributed by atoms with van der Waals surface area (Å²) >= 11 is 0. The number of amides is 1. The van der Waals surface area contributed by atoms with Crippen LogP contribution in [-0.2, 0) is 19.4 Å². The van der Waals surface area contributed by atoms with E-state index in [2.05, 4.69) is 0 Å². The van der Waals surface area contributed by atoms with E-state index >= 15 is 0 Å². The molecule has 2 unspecified atom stereocenters. The zero-order chi connectivity index (χ0) is 15.6. The molecule has 3 rings (SSSR count). The van der Waals surface area contributed by atoms with Gasteiger partial charge in [0, 0.05) is 6.54 Å². The van der Waals surface area contributed by atoms with Gasteiger partial charge in [-0.2, -0.15) is 0 Å². The van der Waals surface area contributed by atoms with Crippen LogP contribution in [0.25, 0.3) is 0 Å². The number of hydrogen-bond acceptors (Lipinski definition) is 5. The number of carbonyl (C=O) groups excluding carboxylic acids is 1. The SMILES string of the molecule is O=C(CCOc1ccccc1)N1CCOC2CS(=O)(=O)CC21. The van der Waals surface area contributed by atoms with Crippen LogP contribution < -0.4 is 4.74 Å². The van der Waals surface area contributed by atoms with Gasteiger partial charge in [-0.3, -0.25) is 4.79 Å². The second kappa shape index (κ2) is 6.26. The lowest BCUT2D eigenvalue weighted by molar-refractivity contribution is -0.143. The molecule has 22 heavy (non-hydrogen) atoms. The molecular weight excluding hydrogens is 306 g/mol. The molecule has 2 fully saturated rings. The van der Waals surface area contributed by atoms with Gasteiger partial charge in [-0.1, -0.05) is 18.2 Å². The van der Waals surface area contributed by atoms with Crippen molar-refractivity contribution in [2.75, 3.05) is 31.3 Å². The Morgan fingerprint density at radius 1 is 1.27 bits per heavy atom. The Labute approximate surface area is 129 Å². The van der Waals surface area contributed by atoms with Crippen molar-refractivity contribution in [1.82, 2.24) is 4.90 Å². The summed E-state index contributed by atoms with van der Waals surface area (Å²) in [5, 5.41) is 0. The molecule has 0 aromatic heterocycles. The number of fused-ring (bicyclic) bond motifs is 1. The Hall–Kier alpha value is -1.60. The minimum absolute atomic E-state index is 0.00293. The van der Waals surface area contributed by atoms with E-state index < -0.39 is 9.84 Å². The largest absolute Gasteiger partial charge is 0.493 e. The van der Waals surface area contributed by atoms with Crippen molar-refractivity contribution in [3.63, 3.8) is 0 Å². The van der Waals surface area contributed by atoms with Crippen LogP contribution in [0.4, 0.5) is 0 Å². The summed E-state index contributed by atoms with van der Waals surface area (Å²) < 4.78 is 34.5. The molecule has 0 bridgehead atoms. The van der Waals surface area contributed by atoms with Gasteiger partial charge in [-0.15, -0.1) is 0 Å². The van der Waals surface area contributed by atoms with Crippen molar-refractivity contribution in [1.29, 1.82) is 0 Å². The maximum Gasteiger partial charge on any atom is 0.226 e. The third kappa shape index (κ3) is 3.41. The van der Waals surface area contributed by atoms with E-state index in [4.69, 9.17) is 9.47 Å². The van der Waals surface area contributed by atoms with E-state index in [-0.39, 0.29) is 42.6 Å². The highest BCUT2D eigenvalue weighted by atomic mass is 32.2. The van der Waals surface area contributed by atoms with Crippen molar-refractivity contribution < 1.29 is 22.7 Å². The highest BCUT2D eigenvalue weighted by Crippen LogP contribution is 2.25. The van der Waals surface area contributed by atoms with Gasteiger partial charge in [0.25, 0.3) is 0 Å². The first-order valence-electron chi connectivity index (χ1n) is 7.34. The highest BCUT2D eigenvalue weighted by molar-refractivity contribution is 7.91. The zero-order valence-corrected chi connectivity index (χ0v) is 13.0. The molecule has 1 amide bonds. The first-order chi connectivity index (χ1) is 10.6. The topological polar surface area (TPSA) is 72.9 Å². The fourth-order valence-corrected chi connectivity index (χ4v) is 4.81. The van der Waals surface area contributed by atoms with Crippen molar-refractivity contribution >= 4 is 15.7 Å². The lowest BCUT2D eigenvalue weighted by atomic mass is 10.1. The van der Waals surface area contributed by atoms with Gasteiger partial charge < -0.3 is 14.4 Å². The Morgan fingerprint density at radius 2 is 2.05 bits per heavy atom. The molecule has 7 heteroatoms. The maximum absolute atomic E-state index is 12.3. The van der Waals surface area contributed by atoms with Crippen LogP contribution in [0.5, 0.6) is 5.75 Å². The monoisotopic (exact) mass is 325 g/mol. The van der Waals surface area contributed by atoms with Crippen molar-refractivity contribution in [2.45, 2.75) is 18.6 Å². The number of para-hydroxylation sites is 1. The molecule has 0 spiro atoms. The van der Waals surface area contributed by atoms with Crippen LogP contribution in [0, 0.1) is 0 Å². The summed E-state index contributed by atoms with van der Waals surface area (Å²) in [6, 6.07) is 8.95. The molecule has 1 aromatic carbocycles. The molecule has 0 N–H and O–H groups in total. The molecule has 2 saturated heterocycles. The van der Waals surface area contributed by atoms with Gasteiger partial charge in [-0.05, 0) is 12.1 Å². The van der Waals surface area contributed by atoms with E-state index in [1.54, 1.807) is 4.90 Å². The number of sulfone groups is 1. The summed E-state index contributed by atoms with van der Waals surface area (Å²) in [5.41, 5.74) is 0. The number of nitrogens with zero attached hydrogens (tertiary/aromatic N) is 1. The molecule has 2 atom stereocenters. The van der Waals surface area contributed by atoms with E-state index in [0.717, 1.165) is 5.75 Å². The van der Waals surface area contributed by atoms with Crippen LogP contribution in [0.1, 0.15) is 6.42 Å². The van der Waals surface area contributed by atoms with Crippen LogP contribution in [0.3, 0.4) is 0 Å². The molecule has 0 saturated carbocycles. The number of benzene rings is 1. The summed E-state index contributed by atoms with van der Waals surface area (Å²) in [7, 11) is -3.11. The smallest absolute Gasteiger partial charge is 0.226 e. The summed E-state index contributed by atoms with van der Waals surface area (Å²) in [6.45, 7) is 1.12. The summed E-state index contributed by atoms with van der Waals surface area (Å²) in [5.74, 6) is 0.662. The first-order valence-corrected chi connectivity index (χ1v) is 9.17. The normalized spacial score (nSPS) is 26.5. The Kier molecular flexibility index (Phi) is 4.35. The summed E-state index contributed by atoms with van der Waals surface area (Å²) in [4.78, 5) is 14.0. The average molecular weight is 325 g/mol. The molecule has 2 heterocycles. The van der Waals surface area contributed by atoms with Crippen LogP contribution in [-0.4, -0.2) is 62.6 Å². The van der Waals surface area contributed by atoms with Gasteiger partial charge in [0.05, 0.1) is 43.3 Å². The van der Waals surface area contributed by atoms with Crippen LogP contribution in [0.2, 0.25) is 0 Å². The van der Waals surface area contributed by atoms with Crippen molar-refractivity contribution in [3.8, 4) is 5.75 Å². The Bertz CT molecular complexity index is 631. The zero-order valence-electron chi connectivity index (χ0n) is 12.2. The number of rotatable bonds is 4. The van der Waals surface area contributed by atoms with Gasteiger partial charge in [-0.25, -0.2) is 8.42 Å². The van der Waals surface area contributed by atoms with Crippen LogP contribution >= 0.6 is 0 Å². The lowest BCUT2D eigenvalue weighted by Gasteiger charge is -2.36. The second-order valence-electron chi connectivity index (χ2n) is 5.55. The predicted octanol–water partition coefficient (Wildman–Crippen LogP) is 0.480. The standard InChI is InChI=1S/C15H19NO5S/c17-15(6-8-20-12-4-2-1-3-5-12)16-7-9-21-14-11-22(18,19)10-13(14)16/h1-5,13-14H,6-11H2. The molecule has 0 radical (unpaired) electrons. The third-order valence-corrected chi connectivity index (χ3v) is 5.67. The van der Waals surface area contributed by atoms with Gasteiger partial charge in [0.1, 0.15) is 5.75 Å². The second-order valence-corrected chi connectivity index (χ2v) is 7.71. The van der Waals surface area contributed by atoms with E-state index in [1.165, 1.54) is 0 Å². The number of morpholine rings is 1. The number of ether oxygens (including phenoxy) is 2. The number of carbonyl (C=O) groups is 1. The fourth-order valence-electron chi connectivity index (χ4n) is 2.94. The molecule has 0 aliphatic carbocycles. The minimum Gasteiger partial charge on any atom is -0.493 e. The minimum atomic E-state index is -3.11. The maximum atomic E-state index is 12.3. The number of hydrogen-bond donors (Lipinski definition) is 0. The quantitative estimate of drug-likeness (QED) is 0.805. The first kappa shape index (κ1) is 15.3. The Morgan fingerprint density at radius 3 is 2.82 bits per heavy atom. The van der Waals surface area contributed by atoms with Crippen molar-refractivity contribution in [3.05, 3.63) is 30.3 Å². The molecule has 2 aliphatic heterocycles. The molecule has 120 valence electrons. The third-order valence-electron chi connectivity index (χ3n) is 3.98. The highest BCUT2D eigenvalue weighted by Gasteiger charge is 2.45. The molecule has 2 aliphatic rings. The van der Waals surface area contributed by atoms with Gasteiger partial charge in [0.15, 0.2) is 9.84 Å². The van der Waals surface area contributed by atoms with Crippen LogP contribution in [0.15, 0.2) is 30.3 Å².